The van der Waals surface area contributed by atoms with Gasteiger partial charge in [0.05, 0.1) is 12.6 Å². The van der Waals surface area contributed by atoms with E-state index in [9.17, 15) is 14.4 Å². The molecule has 0 fully saturated rings. The molecule has 6 heteroatoms. The Morgan fingerprint density at radius 1 is 1.08 bits per heavy atom. The second kappa shape index (κ2) is 8.14. The Hall–Kier alpha value is -2.37. The van der Waals surface area contributed by atoms with Crippen molar-refractivity contribution in [2.75, 3.05) is 6.61 Å². The fourth-order valence-corrected chi connectivity index (χ4v) is 2.38. The summed E-state index contributed by atoms with van der Waals surface area (Å²) in [4.78, 5) is 37.2. The molecule has 0 saturated carbocycles. The Morgan fingerprint density at radius 3 is 2.08 bits per heavy atom. The molecular formula is C19H27NO5. The van der Waals surface area contributed by atoms with E-state index in [1.165, 1.54) is 13.8 Å². The second-order valence-corrected chi connectivity index (χ2v) is 6.97. The maximum atomic E-state index is 12.6. The van der Waals surface area contributed by atoms with Crippen LogP contribution in [0, 0.1) is 5.41 Å². The number of rotatable bonds is 6. The fourth-order valence-electron chi connectivity index (χ4n) is 2.38. The molecule has 1 aromatic carbocycles. The molecule has 1 aromatic rings. The van der Waals surface area contributed by atoms with Gasteiger partial charge in [0, 0.05) is 0 Å². The monoisotopic (exact) mass is 349 g/mol. The number of esters is 1. The molecule has 6 nitrogen and oxygen atoms in total. The maximum Gasteiger partial charge on any atom is 0.408 e. The largest absolute Gasteiger partial charge is 0.465 e. The van der Waals surface area contributed by atoms with E-state index in [4.69, 9.17) is 9.47 Å². The summed E-state index contributed by atoms with van der Waals surface area (Å²) in [6.45, 7) is 9.79. The molecule has 1 N–H and O–H groups in total. The number of ether oxygens (including phenoxy) is 2. The van der Waals surface area contributed by atoms with Crippen LogP contribution in [-0.2, 0) is 19.1 Å². The molecule has 0 aliphatic rings. The molecule has 138 valence electrons. The highest BCUT2D eigenvalue weighted by molar-refractivity contribution is 6.03. The topological polar surface area (TPSA) is 81.7 Å². The van der Waals surface area contributed by atoms with Gasteiger partial charge in [0.15, 0.2) is 0 Å². The van der Waals surface area contributed by atoms with Gasteiger partial charge in [-0.05, 0) is 47.1 Å². The summed E-state index contributed by atoms with van der Waals surface area (Å²) < 4.78 is 10.4. The normalized spacial score (nSPS) is 14.8. The molecule has 0 heterocycles. The van der Waals surface area contributed by atoms with E-state index in [-0.39, 0.29) is 6.61 Å². The molecule has 0 bridgehead atoms. The van der Waals surface area contributed by atoms with E-state index >= 15 is 0 Å². The Kier molecular flexibility index (Phi) is 6.73. The van der Waals surface area contributed by atoms with Gasteiger partial charge in [-0.15, -0.1) is 0 Å². The third-order valence-corrected chi connectivity index (χ3v) is 3.80. The lowest BCUT2D eigenvalue weighted by Crippen LogP contribution is -2.50. The molecule has 2 atom stereocenters. The van der Waals surface area contributed by atoms with E-state index in [1.54, 1.807) is 52.0 Å². The number of carbonyl (C=O) groups is 3. The minimum Gasteiger partial charge on any atom is -0.465 e. The highest BCUT2D eigenvalue weighted by Gasteiger charge is 2.49. The first-order chi connectivity index (χ1) is 11.5. The second-order valence-electron chi connectivity index (χ2n) is 6.97. The van der Waals surface area contributed by atoms with E-state index in [2.05, 4.69) is 5.32 Å². The molecule has 0 radical (unpaired) electrons. The lowest BCUT2D eigenvalue weighted by molar-refractivity contribution is -0.160. The molecule has 25 heavy (non-hydrogen) atoms. The summed E-state index contributed by atoms with van der Waals surface area (Å²) in [6, 6.07) is 7.91. The van der Waals surface area contributed by atoms with Gasteiger partial charge in [0.2, 0.25) is 0 Å². The van der Waals surface area contributed by atoms with Crippen LogP contribution in [0.15, 0.2) is 30.3 Å². The minimum atomic E-state index is -1.58. The van der Waals surface area contributed by atoms with Crippen LogP contribution < -0.4 is 5.32 Å². The van der Waals surface area contributed by atoms with Crippen molar-refractivity contribution in [1.29, 1.82) is 0 Å². The van der Waals surface area contributed by atoms with Gasteiger partial charge in [-0.25, -0.2) is 4.79 Å². The van der Waals surface area contributed by atoms with Crippen molar-refractivity contribution in [3.63, 3.8) is 0 Å². The average Bonchev–Trinajstić information content (AvgIpc) is 2.51. The highest BCUT2D eigenvalue weighted by Crippen LogP contribution is 2.36. The zero-order chi connectivity index (χ0) is 19.3. The SMILES string of the molecule is CCOC(=O)[C@@](C)(C(C)=O)[C@@H](NC(=O)OC(C)(C)C)c1ccccc1. The number of nitrogens with one attached hydrogen (secondary N) is 1. The van der Waals surface area contributed by atoms with Crippen LogP contribution >= 0.6 is 0 Å². The Labute approximate surface area is 148 Å². The summed E-state index contributed by atoms with van der Waals surface area (Å²) in [5, 5.41) is 2.67. The molecule has 0 aliphatic carbocycles. The first-order valence-electron chi connectivity index (χ1n) is 8.25. The van der Waals surface area contributed by atoms with Crippen molar-refractivity contribution < 1.29 is 23.9 Å². The van der Waals surface area contributed by atoms with Crippen molar-refractivity contribution in [2.45, 2.75) is 53.2 Å². The summed E-state index contributed by atoms with van der Waals surface area (Å²) in [5.74, 6) is -1.09. The summed E-state index contributed by atoms with van der Waals surface area (Å²) in [5.41, 5.74) is -1.67. The summed E-state index contributed by atoms with van der Waals surface area (Å²) in [6.07, 6.45) is -0.710. The van der Waals surface area contributed by atoms with Crippen molar-refractivity contribution in [2.24, 2.45) is 5.41 Å². The van der Waals surface area contributed by atoms with Gasteiger partial charge in [-0.1, -0.05) is 30.3 Å². The quantitative estimate of drug-likeness (QED) is 0.629. The van der Waals surface area contributed by atoms with E-state index in [1.807, 2.05) is 6.07 Å². The van der Waals surface area contributed by atoms with Gasteiger partial charge >= 0.3 is 12.1 Å². The molecule has 0 spiro atoms. The van der Waals surface area contributed by atoms with Gasteiger partial charge in [-0.3, -0.25) is 9.59 Å². The number of benzene rings is 1. The van der Waals surface area contributed by atoms with Crippen molar-refractivity contribution in [3.05, 3.63) is 35.9 Å². The average molecular weight is 349 g/mol. The predicted molar refractivity (Wildman–Crippen MR) is 94.0 cm³/mol. The van der Waals surface area contributed by atoms with Crippen molar-refractivity contribution >= 4 is 17.8 Å². The van der Waals surface area contributed by atoms with Crippen LogP contribution in [0.1, 0.15) is 53.1 Å². The Bertz CT molecular complexity index is 620. The maximum absolute atomic E-state index is 12.6. The van der Waals surface area contributed by atoms with Crippen molar-refractivity contribution in [3.8, 4) is 0 Å². The van der Waals surface area contributed by atoms with Gasteiger partial charge < -0.3 is 14.8 Å². The van der Waals surface area contributed by atoms with Gasteiger partial charge in [0.25, 0.3) is 0 Å². The molecule has 1 amide bonds. The third-order valence-electron chi connectivity index (χ3n) is 3.80. The van der Waals surface area contributed by atoms with Crippen LogP contribution in [0.4, 0.5) is 4.79 Å². The molecule has 0 unspecified atom stereocenters. The number of alkyl carbamates (subject to hydrolysis) is 1. The summed E-state index contributed by atoms with van der Waals surface area (Å²) >= 11 is 0. The van der Waals surface area contributed by atoms with E-state index < -0.39 is 34.9 Å². The number of Topliss-reactive ketones (excluding diaryl/α,β-unsaturated/α-hetero) is 1. The number of amides is 1. The first-order valence-corrected chi connectivity index (χ1v) is 8.25. The minimum absolute atomic E-state index is 0.135. The van der Waals surface area contributed by atoms with Gasteiger partial charge in [0.1, 0.15) is 16.8 Å². The standard InChI is InChI=1S/C19H27NO5/c1-7-24-16(22)19(6,13(2)21)15(14-11-9-8-10-12-14)20-17(23)25-18(3,4)5/h8-12,15H,7H2,1-6H3,(H,20,23)/t15-,19-/m0/s1. The lowest BCUT2D eigenvalue weighted by atomic mass is 9.75. The molecule has 0 aliphatic heterocycles. The molecule has 0 aromatic heterocycles. The highest BCUT2D eigenvalue weighted by atomic mass is 16.6. The van der Waals surface area contributed by atoms with Crippen LogP contribution in [0.2, 0.25) is 0 Å². The first kappa shape index (κ1) is 20.7. The van der Waals surface area contributed by atoms with Gasteiger partial charge in [-0.2, -0.15) is 0 Å². The fraction of sp³-hybridized carbons (Fsp3) is 0.526. The smallest absolute Gasteiger partial charge is 0.408 e. The number of hydrogen-bond donors (Lipinski definition) is 1. The third kappa shape index (κ3) is 5.31. The van der Waals surface area contributed by atoms with Crippen molar-refractivity contribution in [1.82, 2.24) is 5.32 Å². The zero-order valence-electron chi connectivity index (χ0n) is 15.7. The van der Waals surface area contributed by atoms with E-state index in [0.717, 1.165) is 0 Å². The van der Waals surface area contributed by atoms with E-state index in [0.29, 0.717) is 5.56 Å². The zero-order valence-corrected chi connectivity index (χ0v) is 15.7. The van der Waals surface area contributed by atoms with Crippen LogP contribution in [0.5, 0.6) is 0 Å². The van der Waals surface area contributed by atoms with Crippen LogP contribution in [0.3, 0.4) is 0 Å². The molecular weight excluding hydrogens is 322 g/mol. The van der Waals surface area contributed by atoms with Crippen LogP contribution in [-0.4, -0.2) is 30.1 Å². The van der Waals surface area contributed by atoms with Crippen LogP contribution in [0.25, 0.3) is 0 Å². The number of ketones is 1. The number of hydrogen-bond acceptors (Lipinski definition) is 5. The lowest BCUT2D eigenvalue weighted by Gasteiger charge is -2.34. The predicted octanol–water partition coefficient (Wildman–Crippen LogP) is 3.41. The Morgan fingerprint density at radius 2 is 1.64 bits per heavy atom. The number of carbonyl (C=O) groups excluding carboxylic acids is 3. The molecule has 1 rings (SSSR count). The molecule has 0 saturated heterocycles. The summed E-state index contributed by atoms with van der Waals surface area (Å²) in [7, 11) is 0. The Balaban J connectivity index is 3.31.